The van der Waals surface area contributed by atoms with Crippen LogP contribution in [0, 0.1) is 5.92 Å². The molecule has 1 fully saturated rings. The second kappa shape index (κ2) is 5.84. The number of nitrogens with one attached hydrogen (secondary N) is 1. The van der Waals surface area contributed by atoms with Gasteiger partial charge in [0, 0.05) is 23.6 Å². The van der Waals surface area contributed by atoms with Gasteiger partial charge in [-0.3, -0.25) is 4.79 Å². The van der Waals surface area contributed by atoms with Gasteiger partial charge in [0.25, 0.3) is 0 Å². The summed E-state index contributed by atoms with van der Waals surface area (Å²) in [5.41, 5.74) is 2.82. The van der Waals surface area contributed by atoms with Gasteiger partial charge in [0.15, 0.2) is 0 Å². The van der Waals surface area contributed by atoms with E-state index in [1.807, 2.05) is 23.9 Å². The SMILES string of the molecule is O=C(NCC1SCCc2ccccc21)C1CC1c1ccco1. The Morgan fingerprint density at radius 2 is 2.18 bits per heavy atom. The molecule has 1 saturated carbocycles. The van der Waals surface area contributed by atoms with Crippen LogP contribution in [0.4, 0.5) is 0 Å². The van der Waals surface area contributed by atoms with Gasteiger partial charge in [-0.15, -0.1) is 0 Å². The van der Waals surface area contributed by atoms with Crippen molar-refractivity contribution in [2.45, 2.75) is 24.0 Å². The number of furan rings is 1. The predicted octanol–water partition coefficient (Wildman–Crippen LogP) is 3.53. The highest BCUT2D eigenvalue weighted by Crippen LogP contribution is 2.47. The van der Waals surface area contributed by atoms with Crippen molar-refractivity contribution in [3.05, 3.63) is 59.5 Å². The zero-order chi connectivity index (χ0) is 14.9. The Hall–Kier alpha value is -1.68. The fourth-order valence-corrected chi connectivity index (χ4v) is 4.50. The third-order valence-corrected chi connectivity index (χ3v) is 5.85. The molecule has 1 aromatic heterocycles. The number of thioether (sulfide) groups is 1. The van der Waals surface area contributed by atoms with Crippen molar-refractivity contribution < 1.29 is 9.21 Å². The molecule has 1 N–H and O–H groups in total. The molecule has 1 aromatic carbocycles. The molecule has 0 saturated heterocycles. The lowest BCUT2D eigenvalue weighted by atomic mass is 10.0. The predicted molar refractivity (Wildman–Crippen MR) is 87.9 cm³/mol. The summed E-state index contributed by atoms with van der Waals surface area (Å²) in [4.78, 5) is 12.3. The number of aryl methyl sites for hydroxylation is 1. The first-order valence-electron chi connectivity index (χ1n) is 7.83. The number of carbonyl (C=O) groups excluding carboxylic acids is 1. The van der Waals surface area contributed by atoms with Crippen LogP contribution in [0.3, 0.4) is 0 Å². The van der Waals surface area contributed by atoms with Crippen molar-refractivity contribution in [2.75, 3.05) is 12.3 Å². The summed E-state index contributed by atoms with van der Waals surface area (Å²) >= 11 is 1.95. The molecular formula is C18H19NO2S. The van der Waals surface area contributed by atoms with E-state index in [9.17, 15) is 4.79 Å². The molecule has 2 aromatic rings. The highest BCUT2D eigenvalue weighted by molar-refractivity contribution is 7.99. The second-order valence-electron chi connectivity index (χ2n) is 6.02. The van der Waals surface area contributed by atoms with Crippen LogP contribution in [0.2, 0.25) is 0 Å². The molecule has 1 aliphatic carbocycles. The van der Waals surface area contributed by atoms with Crippen molar-refractivity contribution >= 4 is 17.7 Å². The minimum atomic E-state index is 0.0926. The molecule has 0 radical (unpaired) electrons. The topological polar surface area (TPSA) is 42.2 Å². The second-order valence-corrected chi connectivity index (χ2v) is 7.33. The molecule has 2 heterocycles. The number of amides is 1. The largest absolute Gasteiger partial charge is 0.469 e. The Bertz CT molecular complexity index is 667. The van der Waals surface area contributed by atoms with E-state index in [1.54, 1.807) is 6.26 Å². The lowest BCUT2D eigenvalue weighted by molar-refractivity contribution is -0.122. The first-order chi connectivity index (χ1) is 10.8. The number of hydrogen-bond donors (Lipinski definition) is 1. The van der Waals surface area contributed by atoms with E-state index in [0.29, 0.717) is 5.25 Å². The lowest BCUT2D eigenvalue weighted by Gasteiger charge is -2.25. The van der Waals surface area contributed by atoms with Gasteiger partial charge in [-0.25, -0.2) is 0 Å². The molecule has 2 aliphatic rings. The zero-order valence-corrected chi connectivity index (χ0v) is 13.1. The quantitative estimate of drug-likeness (QED) is 0.939. The average molecular weight is 313 g/mol. The third kappa shape index (κ3) is 2.68. The van der Waals surface area contributed by atoms with Gasteiger partial charge in [0.1, 0.15) is 5.76 Å². The van der Waals surface area contributed by atoms with E-state index in [1.165, 1.54) is 11.1 Å². The smallest absolute Gasteiger partial charge is 0.223 e. The van der Waals surface area contributed by atoms with Gasteiger partial charge in [-0.05, 0) is 41.9 Å². The number of rotatable bonds is 4. The van der Waals surface area contributed by atoms with Gasteiger partial charge in [-0.1, -0.05) is 24.3 Å². The van der Waals surface area contributed by atoms with Gasteiger partial charge >= 0.3 is 0 Å². The average Bonchev–Trinajstić information content (AvgIpc) is 3.18. The summed E-state index contributed by atoms with van der Waals surface area (Å²) in [6, 6.07) is 12.4. The van der Waals surface area contributed by atoms with E-state index in [-0.39, 0.29) is 17.7 Å². The Morgan fingerprint density at radius 3 is 3.05 bits per heavy atom. The molecule has 1 amide bonds. The van der Waals surface area contributed by atoms with Crippen LogP contribution in [-0.4, -0.2) is 18.2 Å². The Labute approximate surface area is 134 Å². The summed E-state index contributed by atoms with van der Waals surface area (Å²) in [7, 11) is 0. The van der Waals surface area contributed by atoms with Gasteiger partial charge in [-0.2, -0.15) is 11.8 Å². The minimum absolute atomic E-state index is 0.0926. The highest BCUT2D eigenvalue weighted by atomic mass is 32.2. The van der Waals surface area contributed by atoms with Crippen molar-refractivity contribution in [1.82, 2.24) is 5.32 Å². The maximum Gasteiger partial charge on any atom is 0.223 e. The number of carbonyl (C=O) groups is 1. The van der Waals surface area contributed by atoms with Crippen LogP contribution in [0.5, 0.6) is 0 Å². The maximum absolute atomic E-state index is 12.3. The molecule has 4 rings (SSSR count). The van der Waals surface area contributed by atoms with E-state index in [2.05, 4.69) is 29.6 Å². The van der Waals surface area contributed by atoms with Gasteiger partial charge in [0.2, 0.25) is 5.91 Å². The van der Waals surface area contributed by atoms with Crippen molar-refractivity contribution in [3.63, 3.8) is 0 Å². The number of fused-ring (bicyclic) bond motifs is 1. The van der Waals surface area contributed by atoms with E-state index < -0.39 is 0 Å². The fourth-order valence-electron chi connectivity index (χ4n) is 3.27. The number of hydrogen-bond acceptors (Lipinski definition) is 3. The van der Waals surface area contributed by atoms with Crippen LogP contribution in [0.1, 0.15) is 34.5 Å². The molecule has 22 heavy (non-hydrogen) atoms. The van der Waals surface area contributed by atoms with Crippen LogP contribution in [-0.2, 0) is 11.2 Å². The van der Waals surface area contributed by atoms with Crippen LogP contribution >= 0.6 is 11.8 Å². The highest BCUT2D eigenvalue weighted by Gasteiger charge is 2.45. The molecule has 3 atom stereocenters. The van der Waals surface area contributed by atoms with Crippen molar-refractivity contribution in [2.24, 2.45) is 5.92 Å². The molecule has 1 aliphatic heterocycles. The normalized spacial score (nSPS) is 26.3. The zero-order valence-electron chi connectivity index (χ0n) is 12.3. The lowest BCUT2D eigenvalue weighted by Crippen LogP contribution is -2.30. The minimum Gasteiger partial charge on any atom is -0.469 e. The van der Waals surface area contributed by atoms with Crippen LogP contribution in [0.25, 0.3) is 0 Å². The standard InChI is InChI=1S/C18H19NO2S/c20-18(15-10-14(15)16-6-3-8-21-16)19-11-17-13-5-2-1-4-12(13)7-9-22-17/h1-6,8,14-15,17H,7,9-11H2,(H,19,20). The summed E-state index contributed by atoms with van der Waals surface area (Å²) in [6.07, 6.45) is 3.72. The fraction of sp³-hybridized carbons (Fsp3) is 0.389. The molecule has 0 bridgehead atoms. The molecule has 3 nitrogen and oxygen atoms in total. The molecule has 114 valence electrons. The third-order valence-electron chi connectivity index (χ3n) is 4.59. The first-order valence-corrected chi connectivity index (χ1v) is 8.88. The summed E-state index contributed by atoms with van der Waals surface area (Å²) in [5, 5.41) is 3.53. The summed E-state index contributed by atoms with van der Waals surface area (Å²) in [5.74, 6) is 2.62. The maximum atomic E-state index is 12.3. The monoisotopic (exact) mass is 313 g/mol. The van der Waals surface area contributed by atoms with Gasteiger partial charge < -0.3 is 9.73 Å². The van der Waals surface area contributed by atoms with E-state index in [0.717, 1.165) is 30.9 Å². The molecule has 4 heteroatoms. The Morgan fingerprint density at radius 1 is 1.27 bits per heavy atom. The van der Waals surface area contributed by atoms with Gasteiger partial charge in [0.05, 0.1) is 6.26 Å². The van der Waals surface area contributed by atoms with Crippen LogP contribution in [0.15, 0.2) is 47.1 Å². The van der Waals surface area contributed by atoms with E-state index >= 15 is 0 Å². The van der Waals surface area contributed by atoms with E-state index in [4.69, 9.17) is 4.42 Å². The van der Waals surface area contributed by atoms with Crippen molar-refractivity contribution in [3.8, 4) is 0 Å². The summed E-state index contributed by atoms with van der Waals surface area (Å²) in [6.45, 7) is 0.724. The number of benzene rings is 1. The Kier molecular flexibility index (Phi) is 3.70. The molecule has 0 spiro atoms. The Balaban J connectivity index is 1.35. The van der Waals surface area contributed by atoms with Crippen molar-refractivity contribution in [1.29, 1.82) is 0 Å². The first kappa shape index (κ1) is 13.9. The molecule has 3 unspecified atom stereocenters. The summed E-state index contributed by atoms with van der Waals surface area (Å²) < 4.78 is 5.39. The van der Waals surface area contributed by atoms with Crippen LogP contribution < -0.4 is 5.32 Å². The molecular weight excluding hydrogens is 294 g/mol.